The summed E-state index contributed by atoms with van der Waals surface area (Å²) in [5.41, 5.74) is 6.31. The van der Waals surface area contributed by atoms with Crippen LogP contribution in [-0.2, 0) is 10.9 Å². The van der Waals surface area contributed by atoms with E-state index < -0.39 is 0 Å². The second-order valence-corrected chi connectivity index (χ2v) is 12.6. The molecule has 39 heavy (non-hydrogen) atoms. The molecule has 1 atom stereocenters. The van der Waals surface area contributed by atoms with Crippen molar-refractivity contribution in [3.63, 3.8) is 0 Å². The van der Waals surface area contributed by atoms with Crippen molar-refractivity contribution in [2.45, 2.75) is 31.4 Å². The predicted molar refractivity (Wildman–Crippen MR) is 168 cm³/mol. The maximum absolute atomic E-state index is 2.31. The summed E-state index contributed by atoms with van der Waals surface area (Å²) in [7, 11) is -0.179. The Hall–Kier alpha value is -3.98. The summed E-state index contributed by atoms with van der Waals surface area (Å²) in [6.07, 6.45) is 0. The minimum atomic E-state index is -0.179. The van der Waals surface area contributed by atoms with E-state index in [1.54, 1.807) is 0 Å². The Bertz CT molecular complexity index is 1640. The summed E-state index contributed by atoms with van der Waals surface area (Å²) in [5, 5.41) is 0. The molecule has 0 bridgehead atoms. The molecule has 0 saturated carbocycles. The molecule has 0 nitrogen and oxygen atoms in total. The van der Waals surface area contributed by atoms with Crippen molar-refractivity contribution in [1.82, 2.24) is 0 Å². The molecule has 6 rings (SSSR count). The standard InChI is InChI=1S/C37H29S2/c1-28-10-8-9-15-37(28)39(35-24-18-32(19-25-35)30-13-6-3-7-14-30)36-26-22-34(23-27-36)38-33-20-16-31(17-21-33)29-11-4-2-5-12-29/h2-27H,1H3/q+1. The highest BCUT2D eigenvalue weighted by atomic mass is 32.2. The van der Waals surface area contributed by atoms with Gasteiger partial charge in [-0.25, -0.2) is 0 Å². The SMILES string of the molecule is Cc1ccccc1[S+](c1ccc(Sc2ccc(-c3ccccc3)cc2)cc1)c1ccc(-c2ccccc2)cc1. The van der Waals surface area contributed by atoms with Crippen molar-refractivity contribution in [2.24, 2.45) is 0 Å². The first-order valence-corrected chi connectivity index (χ1v) is 15.2. The van der Waals surface area contributed by atoms with Crippen LogP contribution >= 0.6 is 11.8 Å². The number of hydrogen-bond donors (Lipinski definition) is 0. The summed E-state index contributed by atoms with van der Waals surface area (Å²) in [6.45, 7) is 2.22. The molecule has 188 valence electrons. The second kappa shape index (κ2) is 11.8. The molecule has 6 aromatic rings. The van der Waals surface area contributed by atoms with E-state index >= 15 is 0 Å². The first-order chi connectivity index (χ1) is 19.2. The zero-order valence-corrected chi connectivity index (χ0v) is 23.5. The molecule has 0 aliphatic carbocycles. The lowest BCUT2D eigenvalue weighted by Crippen LogP contribution is -2.06. The fourth-order valence-electron chi connectivity index (χ4n) is 4.72. The topological polar surface area (TPSA) is 0 Å². The predicted octanol–water partition coefficient (Wildman–Crippen LogP) is 10.6. The average Bonchev–Trinajstić information content (AvgIpc) is 3.01. The van der Waals surface area contributed by atoms with Crippen LogP contribution in [0.4, 0.5) is 0 Å². The van der Waals surface area contributed by atoms with Crippen LogP contribution in [0.3, 0.4) is 0 Å². The Labute approximate surface area is 238 Å². The molecule has 0 aliphatic heterocycles. The van der Waals surface area contributed by atoms with Crippen molar-refractivity contribution in [3.8, 4) is 22.3 Å². The molecule has 0 aromatic heterocycles. The summed E-state index contributed by atoms with van der Waals surface area (Å²) < 4.78 is 0. The molecule has 0 aliphatic rings. The van der Waals surface area contributed by atoms with Gasteiger partial charge in [0.25, 0.3) is 0 Å². The molecule has 6 aromatic carbocycles. The van der Waals surface area contributed by atoms with E-state index in [0.717, 1.165) is 0 Å². The molecule has 0 radical (unpaired) electrons. The highest BCUT2D eigenvalue weighted by Gasteiger charge is 2.30. The van der Waals surface area contributed by atoms with Gasteiger partial charge in [-0.3, -0.25) is 0 Å². The Morgan fingerprint density at radius 3 is 1.28 bits per heavy atom. The van der Waals surface area contributed by atoms with Gasteiger partial charge in [-0.1, -0.05) is 103 Å². The lowest BCUT2D eigenvalue weighted by atomic mass is 10.1. The zero-order valence-electron chi connectivity index (χ0n) is 21.8. The second-order valence-electron chi connectivity index (χ2n) is 9.43. The van der Waals surface area contributed by atoms with Gasteiger partial charge in [-0.15, -0.1) is 0 Å². The molecule has 1 unspecified atom stereocenters. The summed E-state index contributed by atoms with van der Waals surface area (Å²) in [4.78, 5) is 6.54. The smallest absolute Gasteiger partial charge is 0.0901 e. The molecular weight excluding hydrogens is 509 g/mol. The summed E-state index contributed by atoms with van der Waals surface area (Å²) in [5.74, 6) is 0. The normalized spacial score (nSPS) is 11.7. The first-order valence-electron chi connectivity index (χ1n) is 13.1. The fourth-order valence-corrected chi connectivity index (χ4v) is 7.73. The third-order valence-corrected chi connectivity index (χ3v) is 10.2. The minimum Gasteiger partial charge on any atom is -0.0901 e. The van der Waals surface area contributed by atoms with Gasteiger partial charge in [0.05, 0.1) is 10.9 Å². The van der Waals surface area contributed by atoms with Crippen LogP contribution in [0.25, 0.3) is 22.3 Å². The van der Waals surface area contributed by atoms with Gasteiger partial charge in [0.1, 0.15) is 0 Å². The molecule has 0 spiro atoms. The Balaban J connectivity index is 1.27. The highest BCUT2D eigenvalue weighted by Crippen LogP contribution is 2.36. The van der Waals surface area contributed by atoms with Crippen molar-refractivity contribution >= 4 is 22.7 Å². The van der Waals surface area contributed by atoms with Gasteiger partial charge in [-0.05, 0) is 95.9 Å². The van der Waals surface area contributed by atoms with Crippen LogP contribution in [0, 0.1) is 6.92 Å². The molecular formula is C37H29S2+. The number of hydrogen-bond acceptors (Lipinski definition) is 1. The zero-order chi connectivity index (χ0) is 26.4. The maximum atomic E-state index is 2.31. The summed E-state index contributed by atoms with van der Waals surface area (Å²) in [6, 6.07) is 57.0. The van der Waals surface area contributed by atoms with E-state index in [1.165, 1.54) is 52.3 Å². The summed E-state index contributed by atoms with van der Waals surface area (Å²) >= 11 is 1.81. The fraction of sp³-hybridized carbons (Fsp3) is 0.0270. The molecule has 0 heterocycles. The van der Waals surface area contributed by atoms with Gasteiger partial charge >= 0.3 is 0 Å². The van der Waals surface area contributed by atoms with Crippen molar-refractivity contribution in [1.29, 1.82) is 0 Å². The van der Waals surface area contributed by atoms with Gasteiger partial charge in [0, 0.05) is 15.4 Å². The number of benzene rings is 6. The van der Waals surface area contributed by atoms with Crippen LogP contribution in [0.2, 0.25) is 0 Å². The first kappa shape index (κ1) is 25.3. The van der Waals surface area contributed by atoms with E-state index in [0.29, 0.717) is 0 Å². The largest absolute Gasteiger partial charge is 0.169 e. The van der Waals surface area contributed by atoms with E-state index in [4.69, 9.17) is 0 Å². The Morgan fingerprint density at radius 2 is 0.769 bits per heavy atom. The van der Waals surface area contributed by atoms with Crippen LogP contribution in [0.15, 0.2) is 182 Å². The Morgan fingerprint density at radius 1 is 0.385 bits per heavy atom. The quantitative estimate of drug-likeness (QED) is 0.183. The van der Waals surface area contributed by atoms with Gasteiger partial charge < -0.3 is 0 Å². The van der Waals surface area contributed by atoms with Crippen LogP contribution in [-0.4, -0.2) is 0 Å². The third-order valence-electron chi connectivity index (χ3n) is 6.77. The lowest BCUT2D eigenvalue weighted by molar-refractivity contribution is 1.24. The van der Waals surface area contributed by atoms with Crippen molar-refractivity contribution in [3.05, 3.63) is 163 Å². The van der Waals surface area contributed by atoms with E-state index in [-0.39, 0.29) is 10.9 Å². The van der Waals surface area contributed by atoms with E-state index in [9.17, 15) is 0 Å². The number of rotatable bonds is 7. The van der Waals surface area contributed by atoms with Crippen LogP contribution < -0.4 is 0 Å². The molecule has 0 fully saturated rings. The lowest BCUT2D eigenvalue weighted by Gasteiger charge is -2.12. The Kier molecular flexibility index (Phi) is 7.67. The number of aryl methyl sites for hydroxylation is 1. The van der Waals surface area contributed by atoms with Crippen LogP contribution in [0.5, 0.6) is 0 Å². The van der Waals surface area contributed by atoms with Crippen molar-refractivity contribution in [2.75, 3.05) is 0 Å². The van der Waals surface area contributed by atoms with Gasteiger partial charge in [0.2, 0.25) is 0 Å². The van der Waals surface area contributed by atoms with E-state index in [2.05, 4.69) is 165 Å². The molecule has 0 saturated heterocycles. The van der Waals surface area contributed by atoms with Crippen LogP contribution in [0.1, 0.15) is 5.56 Å². The average molecular weight is 538 g/mol. The molecule has 0 N–H and O–H groups in total. The van der Waals surface area contributed by atoms with Gasteiger partial charge in [-0.2, -0.15) is 0 Å². The maximum Gasteiger partial charge on any atom is 0.169 e. The monoisotopic (exact) mass is 537 g/mol. The van der Waals surface area contributed by atoms with E-state index in [1.807, 2.05) is 11.8 Å². The minimum absolute atomic E-state index is 0.179. The van der Waals surface area contributed by atoms with Crippen molar-refractivity contribution < 1.29 is 0 Å². The van der Waals surface area contributed by atoms with Gasteiger partial charge in [0.15, 0.2) is 14.7 Å². The third kappa shape index (κ3) is 5.88. The molecule has 0 amide bonds. The highest BCUT2D eigenvalue weighted by molar-refractivity contribution is 7.99. The molecule has 2 heteroatoms.